The Morgan fingerprint density at radius 3 is 2.96 bits per heavy atom. The van der Waals surface area contributed by atoms with Gasteiger partial charge in [0.05, 0.1) is 5.69 Å². The Hall–Kier alpha value is -2.37. The first kappa shape index (κ1) is 14.2. The van der Waals surface area contributed by atoms with Crippen LogP contribution in [0.4, 0.5) is 0 Å². The fourth-order valence-corrected chi connectivity index (χ4v) is 3.61. The van der Waals surface area contributed by atoms with Crippen molar-refractivity contribution >= 4 is 11.5 Å². The molecule has 1 atom stereocenters. The molecule has 0 aromatic carbocycles. The second kappa shape index (κ2) is 5.68. The normalized spacial score (nSPS) is 21.0. The summed E-state index contributed by atoms with van der Waals surface area (Å²) in [6.07, 6.45) is 10.4. The van der Waals surface area contributed by atoms with Crippen molar-refractivity contribution in [3.05, 3.63) is 42.3 Å². The molecule has 1 unspecified atom stereocenters. The van der Waals surface area contributed by atoms with E-state index in [1.54, 1.807) is 0 Å². The van der Waals surface area contributed by atoms with Gasteiger partial charge in [0.2, 0.25) is 5.91 Å². The van der Waals surface area contributed by atoms with Crippen molar-refractivity contribution in [3.8, 4) is 0 Å². The average molecular weight is 311 g/mol. The van der Waals surface area contributed by atoms with Gasteiger partial charge in [-0.3, -0.25) is 9.48 Å². The van der Waals surface area contributed by atoms with Gasteiger partial charge >= 0.3 is 0 Å². The first-order valence-electron chi connectivity index (χ1n) is 8.18. The quantitative estimate of drug-likeness (QED) is 0.844. The first-order valence-corrected chi connectivity index (χ1v) is 8.18. The molecule has 120 valence electrons. The lowest BCUT2D eigenvalue weighted by Gasteiger charge is -2.31. The monoisotopic (exact) mass is 311 g/mol. The molecule has 6 nitrogen and oxygen atoms in total. The SMILES string of the molecule is Cn1nccc1C1=CCN(C(=O)C2CCn3ccnc3C2)CC1. The molecule has 23 heavy (non-hydrogen) atoms. The zero-order valence-electron chi connectivity index (χ0n) is 13.4. The molecular weight excluding hydrogens is 290 g/mol. The molecule has 0 N–H and O–H groups in total. The first-order chi connectivity index (χ1) is 11.2. The largest absolute Gasteiger partial charge is 0.338 e. The van der Waals surface area contributed by atoms with Crippen molar-refractivity contribution in [2.75, 3.05) is 13.1 Å². The maximum absolute atomic E-state index is 12.8. The van der Waals surface area contributed by atoms with E-state index in [4.69, 9.17) is 0 Å². The third-order valence-corrected chi connectivity index (χ3v) is 4.97. The van der Waals surface area contributed by atoms with E-state index in [-0.39, 0.29) is 11.8 Å². The number of carbonyl (C=O) groups excluding carboxylic acids is 1. The molecular formula is C17H21N5O. The van der Waals surface area contributed by atoms with Gasteiger partial charge in [0.1, 0.15) is 5.82 Å². The molecule has 2 aliphatic rings. The van der Waals surface area contributed by atoms with Gasteiger partial charge in [0.25, 0.3) is 0 Å². The van der Waals surface area contributed by atoms with Crippen LogP contribution in [0.1, 0.15) is 24.4 Å². The number of hydrogen-bond donors (Lipinski definition) is 0. The van der Waals surface area contributed by atoms with Gasteiger partial charge in [-0.05, 0) is 24.5 Å². The topological polar surface area (TPSA) is 56.0 Å². The highest BCUT2D eigenvalue weighted by atomic mass is 16.2. The smallest absolute Gasteiger partial charge is 0.226 e. The van der Waals surface area contributed by atoms with Crippen molar-refractivity contribution < 1.29 is 4.79 Å². The number of aromatic nitrogens is 4. The van der Waals surface area contributed by atoms with Crippen LogP contribution < -0.4 is 0 Å². The summed E-state index contributed by atoms with van der Waals surface area (Å²) in [6.45, 7) is 2.39. The molecule has 1 amide bonds. The standard InChI is InChI=1S/C17H21N5O/c1-20-15(2-6-19-20)13-3-9-22(10-4-13)17(23)14-5-8-21-11-7-18-16(21)12-14/h2-3,6-7,11,14H,4-5,8-10,12H2,1H3. The summed E-state index contributed by atoms with van der Waals surface area (Å²) >= 11 is 0. The number of carbonyl (C=O) groups is 1. The minimum atomic E-state index is 0.0801. The highest BCUT2D eigenvalue weighted by molar-refractivity contribution is 5.80. The van der Waals surface area contributed by atoms with Crippen LogP contribution in [-0.2, 0) is 24.8 Å². The van der Waals surface area contributed by atoms with E-state index in [1.165, 1.54) is 5.57 Å². The Morgan fingerprint density at radius 1 is 1.30 bits per heavy atom. The molecule has 2 aliphatic heterocycles. The molecule has 6 heteroatoms. The van der Waals surface area contributed by atoms with Crippen LogP contribution in [-0.4, -0.2) is 43.2 Å². The summed E-state index contributed by atoms with van der Waals surface area (Å²) in [4.78, 5) is 19.1. The van der Waals surface area contributed by atoms with Gasteiger partial charge in [-0.1, -0.05) is 6.08 Å². The van der Waals surface area contributed by atoms with Gasteiger partial charge in [-0.15, -0.1) is 0 Å². The van der Waals surface area contributed by atoms with Crippen molar-refractivity contribution in [3.63, 3.8) is 0 Å². The minimum absolute atomic E-state index is 0.0801. The molecule has 0 aliphatic carbocycles. The lowest BCUT2D eigenvalue weighted by atomic mass is 9.95. The van der Waals surface area contributed by atoms with Crippen LogP contribution in [0.25, 0.3) is 5.57 Å². The Balaban J connectivity index is 1.43. The summed E-state index contributed by atoms with van der Waals surface area (Å²) in [5.74, 6) is 1.40. The molecule has 2 aromatic rings. The second-order valence-electron chi connectivity index (χ2n) is 6.33. The molecule has 2 aromatic heterocycles. The molecule has 0 radical (unpaired) electrons. The van der Waals surface area contributed by atoms with Crippen molar-refractivity contribution in [1.82, 2.24) is 24.2 Å². The number of imidazole rings is 1. The van der Waals surface area contributed by atoms with Crippen LogP contribution in [0.2, 0.25) is 0 Å². The Kier molecular flexibility index (Phi) is 3.52. The molecule has 0 saturated carbocycles. The highest BCUT2D eigenvalue weighted by Gasteiger charge is 2.29. The van der Waals surface area contributed by atoms with Gasteiger partial charge in [0, 0.05) is 57.6 Å². The van der Waals surface area contributed by atoms with Crippen LogP contribution in [0.5, 0.6) is 0 Å². The summed E-state index contributed by atoms with van der Waals surface area (Å²) in [7, 11) is 1.96. The fraction of sp³-hybridized carbons (Fsp3) is 0.471. The number of fused-ring (bicyclic) bond motifs is 1. The van der Waals surface area contributed by atoms with Crippen LogP contribution in [0.3, 0.4) is 0 Å². The van der Waals surface area contributed by atoms with E-state index >= 15 is 0 Å². The maximum Gasteiger partial charge on any atom is 0.226 e. The van der Waals surface area contributed by atoms with E-state index in [2.05, 4.69) is 20.7 Å². The van der Waals surface area contributed by atoms with Gasteiger partial charge in [-0.2, -0.15) is 5.10 Å². The van der Waals surface area contributed by atoms with Crippen LogP contribution >= 0.6 is 0 Å². The van der Waals surface area contributed by atoms with Crippen molar-refractivity contribution in [1.29, 1.82) is 0 Å². The second-order valence-corrected chi connectivity index (χ2v) is 6.33. The van der Waals surface area contributed by atoms with Gasteiger partial charge < -0.3 is 9.47 Å². The summed E-state index contributed by atoms with van der Waals surface area (Å²) in [5, 5.41) is 4.22. The molecule has 0 fully saturated rings. The third kappa shape index (κ3) is 2.58. The fourth-order valence-electron chi connectivity index (χ4n) is 3.61. The van der Waals surface area contributed by atoms with E-state index in [0.717, 1.165) is 43.9 Å². The molecule has 0 saturated heterocycles. The number of hydrogen-bond acceptors (Lipinski definition) is 3. The maximum atomic E-state index is 12.8. The lowest BCUT2D eigenvalue weighted by molar-refractivity contribution is -0.135. The Labute approximate surface area is 135 Å². The number of nitrogens with zero attached hydrogens (tertiary/aromatic N) is 5. The highest BCUT2D eigenvalue weighted by Crippen LogP contribution is 2.25. The number of amides is 1. The average Bonchev–Trinajstić information content (AvgIpc) is 3.22. The molecule has 4 rings (SSSR count). The zero-order chi connectivity index (χ0) is 15.8. The summed E-state index contributed by atoms with van der Waals surface area (Å²) < 4.78 is 4.05. The lowest BCUT2D eigenvalue weighted by Crippen LogP contribution is -2.41. The predicted molar refractivity (Wildman–Crippen MR) is 86.4 cm³/mol. The van der Waals surface area contributed by atoms with Crippen LogP contribution in [0.15, 0.2) is 30.7 Å². The predicted octanol–water partition coefficient (Wildman–Crippen LogP) is 1.49. The molecule has 4 heterocycles. The van der Waals surface area contributed by atoms with E-state index < -0.39 is 0 Å². The van der Waals surface area contributed by atoms with Crippen molar-refractivity contribution in [2.45, 2.75) is 25.8 Å². The summed E-state index contributed by atoms with van der Waals surface area (Å²) in [6, 6.07) is 2.03. The number of aryl methyl sites for hydroxylation is 2. The van der Waals surface area contributed by atoms with Gasteiger partial charge in [0.15, 0.2) is 0 Å². The van der Waals surface area contributed by atoms with Crippen molar-refractivity contribution in [2.24, 2.45) is 13.0 Å². The third-order valence-electron chi connectivity index (χ3n) is 4.97. The zero-order valence-corrected chi connectivity index (χ0v) is 13.4. The van der Waals surface area contributed by atoms with Gasteiger partial charge in [-0.25, -0.2) is 4.98 Å². The molecule has 0 spiro atoms. The Morgan fingerprint density at radius 2 is 2.22 bits per heavy atom. The minimum Gasteiger partial charge on any atom is -0.338 e. The Bertz CT molecular complexity index is 757. The number of rotatable bonds is 2. The molecule has 0 bridgehead atoms. The van der Waals surface area contributed by atoms with E-state index in [9.17, 15) is 4.79 Å². The van der Waals surface area contributed by atoms with E-state index in [1.807, 2.05) is 41.3 Å². The summed E-state index contributed by atoms with van der Waals surface area (Å²) in [5.41, 5.74) is 2.44. The van der Waals surface area contributed by atoms with E-state index in [0.29, 0.717) is 6.54 Å². The van der Waals surface area contributed by atoms with Crippen LogP contribution in [0, 0.1) is 5.92 Å².